The molecule has 4 aromatic heterocycles. The molecule has 0 N–H and O–H groups in total. The average Bonchev–Trinajstić information content (AvgIpc) is 3.30. The molecule has 36 heavy (non-hydrogen) atoms. The van der Waals surface area contributed by atoms with Crippen LogP contribution < -0.4 is 5.56 Å². The average molecular weight is 472 g/mol. The highest BCUT2D eigenvalue weighted by Gasteiger charge is 2.16. The summed E-state index contributed by atoms with van der Waals surface area (Å²) >= 11 is 0. The molecule has 0 aliphatic rings. The van der Waals surface area contributed by atoms with Gasteiger partial charge in [0, 0.05) is 47.8 Å². The summed E-state index contributed by atoms with van der Waals surface area (Å²) in [5.41, 5.74) is 5.27. The smallest absolute Gasteiger partial charge is 0.278 e. The van der Waals surface area contributed by atoms with Gasteiger partial charge in [-0.1, -0.05) is 30.3 Å². The van der Waals surface area contributed by atoms with E-state index < -0.39 is 0 Å². The number of Topliss-reactive ketones (excluding diaryl/α,β-unsaturated/α-hetero) is 1. The number of aromatic nitrogens is 5. The fraction of sp³-hybridized carbons (Fsp3) is 0.0690. The Hall–Kier alpha value is -4.91. The maximum atomic E-state index is 13.7. The topological polar surface area (TPSA) is 82.7 Å². The number of nitrogens with zero attached hydrogens (tertiary/aromatic N) is 5. The zero-order chi connectivity index (χ0) is 24.6. The lowest BCUT2D eigenvalue weighted by Gasteiger charge is -2.13. The molecule has 0 radical (unpaired) electrons. The Labute approximate surface area is 206 Å². The molecule has 0 bridgehead atoms. The highest BCUT2D eigenvalue weighted by Crippen LogP contribution is 2.26. The van der Waals surface area contributed by atoms with Gasteiger partial charge in [-0.15, -0.1) is 0 Å². The molecule has 6 aromatic rings. The zero-order valence-corrected chi connectivity index (χ0v) is 19.5. The number of carbonyl (C=O) groups is 1. The minimum absolute atomic E-state index is 0.00157. The molecule has 4 heterocycles. The molecule has 0 spiro atoms. The van der Waals surface area contributed by atoms with Crippen molar-refractivity contribution in [2.75, 3.05) is 0 Å². The van der Waals surface area contributed by atoms with Gasteiger partial charge in [0.2, 0.25) is 0 Å². The molecule has 0 saturated carbocycles. The molecule has 6 rings (SSSR count). The van der Waals surface area contributed by atoms with E-state index in [9.17, 15) is 9.59 Å². The predicted molar refractivity (Wildman–Crippen MR) is 139 cm³/mol. The van der Waals surface area contributed by atoms with E-state index in [2.05, 4.69) is 15.0 Å². The highest BCUT2D eigenvalue weighted by atomic mass is 16.1. The van der Waals surface area contributed by atoms with Crippen LogP contribution in [-0.4, -0.2) is 29.9 Å². The van der Waals surface area contributed by atoms with Crippen molar-refractivity contribution in [1.82, 2.24) is 24.1 Å². The van der Waals surface area contributed by atoms with Crippen molar-refractivity contribution in [3.8, 4) is 11.4 Å². The summed E-state index contributed by atoms with van der Waals surface area (Å²) in [6, 6.07) is 22.9. The molecular weight excluding hydrogens is 450 g/mol. The summed E-state index contributed by atoms with van der Waals surface area (Å²) in [6.07, 6.45) is 7.31. The lowest BCUT2D eigenvalue weighted by Crippen LogP contribution is -2.25. The molecule has 7 heteroatoms. The summed E-state index contributed by atoms with van der Waals surface area (Å²) in [6.45, 7) is 1.57. The van der Waals surface area contributed by atoms with Crippen LogP contribution in [0.1, 0.15) is 28.5 Å². The van der Waals surface area contributed by atoms with Crippen LogP contribution in [0.3, 0.4) is 0 Å². The van der Waals surface area contributed by atoms with E-state index in [1.165, 1.54) is 0 Å². The van der Waals surface area contributed by atoms with Crippen molar-refractivity contribution in [3.63, 3.8) is 0 Å². The first-order chi connectivity index (χ1) is 17.6. The first-order valence-corrected chi connectivity index (χ1v) is 11.6. The predicted octanol–water partition coefficient (Wildman–Crippen LogP) is 4.91. The van der Waals surface area contributed by atoms with Crippen molar-refractivity contribution < 1.29 is 4.79 Å². The van der Waals surface area contributed by atoms with Crippen LogP contribution >= 0.6 is 0 Å². The van der Waals surface area contributed by atoms with Crippen molar-refractivity contribution >= 4 is 27.9 Å². The Balaban J connectivity index is 1.56. The second kappa shape index (κ2) is 8.70. The van der Waals surface area contributed by atoms with Gasteiger partial charge >= 0.3 is 0 Å². The number of ketones is 1. The third kappa shape index (κ3) is 3.67. The van der Waals surface area contributed by atoms with E-state index in [0.29, 0.717) is 34.5 Å². The molecule has 0 unspecified atom stereocenters. The fourth-order valence-corrected chi connectivity index (χ4v) is 4.57. The summed E-state index contributed by atoms with van der Waals surface area (Å²) in [4.78, 5) is 39.3. The minimum atomic E-state index is -0.232. The SMILES string of the molecule is CC(=O)c1cn(-c2cccc(-n3c(=O)c(Cc4cccnc4)nc4cccnc43)c2)c2ccccc12. The van der Waals surface area contributed by atoms with Gasteiger partial charge in [-0.25, -0.2) is 9.97 Å². The van der Waals surface area contributed by atoms with E-state index >= 15 is 0 Å². The van der Waals surface area contributed by atoms with Crippen LogP contribution in [0.25, 0.3) is 33.4 Å². The number of rotatable bonds is 5. The second-order valence-electron chi connectivity index (χ2n) is 8.59. The number of hydrogen-bond donors (Lipinski definition) is 0. The molecule has 2 aromatic carbocycles. The van der Waals surface area contributed by atoms with Gasteiger partial charge < -0.3 is 4.57 Å². The first-order valence-electron chi connectivity index (χ1n) is 11.6. The van der Waals surface area contributed by atoms with Gasteiger partial charge in [0.1, 0.15) is 11.2 Å². The molecule has 7 nitrogen and oxygen atoms in total. The molecule has 0 saturated heterocycles. The Morgan fingerprint density at radius 1 is 0.917 bits per heavy atom. The fourth-order valence-electron chi connectivity index (χ4n) is 4.57. The van der Waals surface area contributed by atoms with Crippen LogP contribution in [0.4, 0.5) is 0 Å². The minimum Gasteiger partial charge on any atom is -0.316 e. The van der Waals surface area contributed by atoms with Gasteiger partial charge in [0.15, 0.2) is 11.4 Å². The van der Waals surface area contributed by atoms with Crippen LogP contribution in [0, 0.1) is 0 Å². The van der Waals surface area contributed by atoms with E-state index in [1.54, 1.807) is 30.1 Å². The Bertz CT molecular complexity index is 1820. The number of carbonyl (C=O) groups excluding carboxylic acids is 1. The molecule has 0 amide bonds. The molecule has 0 aliphatic carbocycles. The lowest BCUT2D eigenvalue weighted by atomic mass is 10.1. The lowest BCUT2D eigenvalue weighted by molar-refractivity contribution is 0.101. The number of pyridine rings is 2. The quantitative estimate of drug-likeness (QED) is 0.334. The number of fused-ring (bicyclic) bond motifs is 2. The van der Waals surface area contributed by atoms with Gasteiger partial charge in [0.25, 0.3) is 5.56 Å². The Kier molecular flexibility index (Phi) is 5.22. The largest absolute Gasteiger partial charge is 0.316 e. The van der Waals surface area contributed by atoms with Crippen LogP contribution in [0.2, 0.25) is 0 Å². The highest BCUT2D eigenvalue weighted by molar-refractivity contribution is 6.07. The van der Waals surface area contributed by atoms with Crippen LogP contribution in [0.15, 0.2) is 102 Å². The van der Waals surface area contributed by atoms with E-state index in [-0.39, 0.29) is 11.3 Å². The maximum absolute atomic E-state index is 13.7. The maximum Gasteiger partial charge on any atom is 0.278 e. The molecule has 0 atom stereocenters. The Morgan fingerprint density at radius 2 is 1.75 bits per heavy atom. The van der Waals surface area contributed by atoms with Gasteiger partial charge in [-0.3, -0.25) is 19.1 Å². The number of benzene rings is 2. The number of hydrogen-bond acceptors (Lipinski definition) is 5. The van der Waals surface area contributed by atoms with Crippen molar-refractivity contribution in [1.29, 1.82) is 0 Å². The molecular formula is C29H21N5O2. The van der Waals surface area contributed by atoms with E-state index in [4.69, 9.17) is 0 Å². The monoisotopic (exact) mass is 471 g/mol. The first kappa shape index (κ1) is 21.6. The zero-order valence-electron chi connectivity index (χ0n) is 19.5. The van der Waals surface area contributed by atoms with E-state index in [1.807, 2.05) is 83.6 Å². The summed E-state index contributed by atoms with van der Waals surface area (Å²) in [5.74, 6) is 0.00157. The summed E-state index contributed by atoms with van der Waals surface area (Å²) < 4.78 is 3.59. The van der Waals surface area contributed by atoms with Crippen molar-refractivity contribution in [2.45, 2.75) is 13.3 Å². The second-order valence-corrected chi connectivity index (χ2v) is 8.59. The third-order valence-corrected chi connectivity index (χ3v) is 6.23. The Morgan fingerprint density at radius 3 is 2.58 bits per heavy atom. The van der Waals surface area contributed by atoms with Crippen molar-refractivity contribution in [2.24, 2.45) is 0 Å². The van der Waals surface area contributed by atoms with Crippen LogP contribution in [0.5, 0.6) is 0 Å². The third-order valence-electron chi connectivity index (χ3n) is 6.23. The van der Waals surface area contributed by atoms with Gasteiger partial charge in [-0.2, -0.15) is 0 Å². The normalized spacial score (nSPS) is 11.2. The molecule has 0 fully saturated rings. The van der Waals surface area contributed by atoms with Crippen LogP contribution in [-0.2, 0) is 6.42 Å². The molecule has 174 valence electrons. The summed E-state index contributed by atoms with van der Waals surface area (Å²) in [5, 5.41) is 0.891. The van der Waals surface area contributed by atoms with E-state index in [0.717, 1.165) is 22.2 Å². The van der Waals surface area contributed by atoms with Gasteiger partial charge in [-0.05, 0) is 55.0 Å². The van der Waals surface area contributed by atoms with Gasteiger partial charge in [0.05, 0.1) is 11.2 Å². The van der Waals surface area contributed by atoms with Crippen molar-refractivity contribution in [3.05, 3.63) is 125 Å². The number of para-hydroxylation sites is 1. The summed E-state index contributed by atoms with van der Waals surface area (Å²) in [7, 11) is 0. The standard InChI is InChI=1S/C29H21N5O2/c1-19(35)24-18-33(27-12-3-2-10-23(24)27)21-8-4-9-22(16-21)34-28-25(11-6-14-31-28)32-26(29(34)36)15-20-7-5-13-30-17-20/h2-14,16-18H,15H2,1H3. The molecule has 0 aliphatic heterocycles.